The summed E-state index contributed by atoms with van der Waals surface area (Å²) >= 11 is 0. The Hall–Kier alpha value is -1.08. The Morgan fingerprint density at radius 3 is 3.08 bits per heavy atom. The van der Waals surface area contributed by atoms with Crippen LogP contribution < -0.4 is 5.73 Å². The van der Waals surface area contributed by atoms with Gasteiger partial charge >= 0.3 is 0 Å². The van der Waals surface area contributed by atoms with Crippen LogP contribution in [-0.2, 0) is 6.42 Å². The van der Waals surface area contributed by atoms with Crippen LogP contribution in [0.5, 0.6) is 0 Å². The Morgan fingerprint density at radius 1 is 1.46 bits per heavy atom. The van der Waals surface area contributed by atoms with Gasteiger partial charge in [0, 0.05) is 0 Å². The highest BCUT2D eigenvalue weighted by Crippen LogP contribution is 2.24. The lowest BCUT2D eigenvalue weighted by molar-refractivity contribution is 0.652. The van der Waals surface area contributed by atoms with Gasteiger partial charge in [-0.15, -0.1) is 0 Å². The molecular weight excluding hydrogens is 158 g/mol. The SMILES string of the molecule is Cc1cccc2c1CC(CN)C=C2. The van der Waals surface area contributed by atoms with Crippen molar-refractivity contribution in [2.45, 2.75) is 13.3 Å². The van der Waals surface area contributed by atoms with Crippen molar-refractivity contribution < 1.29 is 0 Å². The molecular formula is C12H15N. The lowest BCUT2D eigenvalue weighted by atomic mass is 9.87. The average Bonchev–Trinajstić information content (AvgIpc) is 2.18. The van der Waals surface area contributed by atoms with E-state index in [1.54, 1.807) is 0 Å². The summed E-state index contributed by atoms with van der Waals surface area (Å²) in [4.78, 5) is 0. The zero-order valence-corrected chi connectivity index (χ0v) is 7.96. The van der Waals surface area contributed by atoms with Crippen LogP contribution in [0.25, 0.3) is 6.08 Å². The molecule has 1 heteroatoms. The molecule has 68 valence electrons. The molecule has 0 saturated carbocycles. The molecule has 0 aromatic heterocycles. The van der Waals surface area contributed by atoms with Crippen molar-refractivity contribution in [2.75, 3.05) is 6.54 Å². The van der Waals surface area contributed by atoms with Crippen molar-refractivity contribution in [3.8, 4) is 0 Å². The van der Waals surface area contributed by atoms with Crippen molar-refractivity contribution >= 4 is 6.08 Å². The second kappa shape index (κ2) is 3.35. The van der Waals surface area contributed by atoms with Crippen molar-refractivity contribution in [3.63, 3.8) is 0 Å². The van der Waals surface area contributed by atoms with Crippen molar-refractivity contribution in [1.29, 1.82) is 0 Å². The zero-order chi connectivity index (χ0) is 9.26. The van der Waals surface area contributed by atoms with Crippen LogP contribution in [-0.4, -0.2) is 6.54 Å². The number of rotatable bonds is 1. The van der Waals surface area contributed by atoms with E-state index in [4.69, 9.17) is 5.73 Å². The topological polar surface area (TPSA) is 26.0 Å². The van der Waals surface area contributed by atoms with Gasteiger partial charge in [0.05, 0.1) is 0 Å². The Bertz CT molecular complexity index is 339. The first-order chi connectivity index (χ1) is 6.31. The minimum atomic E-state index is 0.536. The number of benzene rings is 1. The van der Waals surface area contributed by atoms with Gasteiger partial charge in [0.1, 0.15) is 0 Å². The molecule has 0 radical (unpaired) electrons. The van der Waals surface area contributed by atoms with E-state index in [9.17, 15) is 0 Å². The fourth-order valence-corrected chi connectivity index (χ4v) is 1.89. The highest BCUT2D eigenvalue weighted by molar-refractivity contribution is 5.58. The molecule has 0 spiro atoms. The Morgan fingerprint density at radius 2 is 2.31 bits per heavy atom. The summed E-state index contributed by atoms with van der Waals surface area (Å²) in [5.74, 6) is 0.536. The molecule has 1 aliphatic rings. The highest BCUT2D eigenvalue weighted by atomic mass is 14.5. The van der Waals surface area contributed by atoms with Gasteiger partial charge in [-0.1, -0.05) is 30.4 Å². The number of nitrogens with two attached hydrogens (primary N) is 1. The smallest absolute Gasteiger partial charge is 0.00109 e. The van der Waals surface area contributed by atoms with E-state index in [1.807, 2.05) is 0 Å². The number of hydrogen-bond acceptors (Lipinski definition) is 1. The summed E-state index contributed by atoms with van der Waals surface area (Å²) in [7, 11) is 0. The van der Waals surface area contributed by atoms with E-state index < -0.39 is 0 Å². The number of fused-ring (bicyclic) bond motifs is 1. The van der Waals surface area contributed by atoms with Crippen molar-refractivity contribution in [1.82, 2.24) is 0 Å². The molecule has 0 aliphatic heterocycles. The summed E-state index contributed by atoms with van der Waals surface area (Å²) in [5, 5.41) is 0. The molecule has 2 N–H and O–H groups in total. The summed E-state index contributed by atoms with van der Waals surface area (Å²) in [5.41, 5.74) is 9.89. The van der Waals surface area contributed by atoms with Crippen LogP contribution in [0.1, 0.15) is 16.7 Å². The predicted octanol–water partition coefficient (Wildman–Crippen LogP) is 2.14. The van der Waals surface area contributed by atoms with Crippen LogP contribution in [0.15, 0.2) is 24.3 Å². The molecule has 1 unspecified atom stereocenters. The van der Waals surface area contributed by atoms with Gasteiger partial charge in [-0.2, -0.15) is 0 Å². The standard InChI is InChI=1S/C12H15N/c1-9-3-2-4-11-6-5-10(8-13)7-12(9)11/h2-6,10H,7-8,13H2,1H3. The normalized spacial score (nSPS) is 20.0. The van der Waals surface area contributed by atoms with Gasteiger partial charge in [0.2, 0.25) is 0 Å². The third kappa shape index (κ3) is 1.52. The molecule has 2 rings (SSSR count). The lowest BCUT2D eigenvalue weighted by Gasteiger charge is -2.19. The van der Waals surface area contributed by atoms with Crippen LogP contribution in [0.3, 0.4) is 0 Å². The van der Waals surface area contributed by atoms with Crippen LogP contribution in [0, 0.1) is 12.8 Å². The molecule has 0 fully saturated rings. The summed E-state index contributed by atoms with van der Waals surface area (Å²) in [6.07, 6.45) is 5.53. The number of hydrogen-bond donors (Lipinski definition) is 1. The first-order valence-corrected chi connectivity index (χ1v) is 4.78. The van der Waals surface area contributed by atoms with E-state index >= 15 is 0 Å². The minimum Gasteiger partial charge on any atom is -0.330 e. The molecule has 1 aromatic carbocycles. The number of aryl methyl sites for hydroxylation is 1. The molecule has 1 atom stereocenters. The van der Waals surface area contributed by atoms with Gasteiger partial charge in [-0.25, -0.2) is 0 Å². The third-order valence-electron chi connectivity index (χ3n) is 2.76. The van der Waals surface area contributed by atoms with Crippen molar-refractivity contribution in [2.24, 2.45) is 11.7 Å². The molecule has 0 saturated heterocycles. The maximum atomic E-state index is 5.66. The Balaban J connectivity index is 2.41. The van der Waals surface area contributed by atoms with E-state index in [2.05, 4.69) is 37.3 Å². The largest absolute Gasteiger partial charge is 0.330 e. The second-order valence-corrected chi connectivity index (χ2v) is 3.70. The van der Waals surface area contributed by atoms with Crippen LogP contribution >= 0.6 is 0 Å². The molecule has 13 heavy (non-hydrogen) atoms. The van der Waals surface area contributed by atoms with E-state index in [1.165, 1.54) is 16.7 Å². The molecule has 1 aliphatic carbocycles. The van der Waals surface area contributed by atoms with Gasteiger partial charge in [-0.3, -0.25) is 0 Å². The van der Waals surface area contributed by atoms with Crippen molar-refractivity contribution in [3.05, 3.63) is 41.0 Å². The fourth-order valence-electron chi connectivity index (χ4n) is 1.89. The van der Waals surface area contributed by atoms with E-state index in [0.717, 1.165) is 13.0 Å². The van der Waals surface area contributed by atoms with Gasteiger partial charge < -0.3 is 5.73 Å². The highest BCUT2D eigenvalue weighted by Gasteiger charge is 2.13. The molecule has 1 nitrogen and oxygen atoms in total. The van der Waals surface area contributed by atoms with Gasteiger partial charge in [0.25, 0.3) is 0 Å². The monoisotopic (exact) mass is 173 g/mol. The van der Waals surface area contributed by atoms with Gasteiger partial charge in [-0.05, 0) is 42.5 Å². The quantitative estimate of drug-likeness (QED) is 0.691. The summed E-state index contributed by atoms with van der Waals surface area (Å²) in [6.45, 7) is 2.93. The molecule has 1 aromatic rings. The summed E-state index contributed by atoms with van der Waals surface area (Å²) < 4.78 is 0. The first kappa shape index (κ1) is 8.52. The van der Waals surface area contributed by atoms with Gasteiger partial charge in [0.15, 0.2) is 0 Å². The zero-order valence-electron chi connectivity index (χ0n) is 7.96. The Labute approximate surface area is 79.3 Å². The second-order valence-electron chi connectivity index (χ2n) is 3.70. The van der Waals surface area contributed by atoms with Crippen LogP contribution in [0.2, 0.25) is 0 Å². The summed E-state index contributed by atoms with van der Waals surface area (Å²) in [6, 6.07) is 6.46. The maximum Gasteiger partial charge on any atom is -0.00109 e. The predicted molar refractivity (Wildman–Crippen MR) is 56.5 cm³/mol. The fraction of sp³-hybridized carbons (Fsp3) is 0.333. The van der Waals surface area contributed by atoms with E-state index in [-0.39, 0.29) is 0 Å². The molecule has 0 heterocycles. The van der Waals surface area contributed by atoms with Crippen LogP contribution in [0.4, 0.5) is 0 Å². The lowest BCUT2D eigenvalue weighted by Crippen LogP contribution is -2.17. The van der Waals surface area contributed by atoms with E-state index in [0.29, 0.717) is 5.92 Å². The third-order valence-corrected chi connectivity index (χ3v) is 2.76. The Kier molecular flexibility index (Phi) is 2.19. The average molecular weight is 173 g/mol. The minimum absolute atomic E-state index is 0.536. The molecule has 0 amide bonds. The first-order valence-electron chi connectivity index (χ1n) is 4.78. The maximum absolute atomic E-state index is 5.66. The molecule has 0 bridgehead atoms.